The minimum atomic E-state index is -3.01. The average Bonchev–Trinajstić information content (AvgIpc) is 2.96. The van der Waals surface area contributed by atoms with Gasteiger partial charge in [0.15, 0.2) is 11.5 Å². The summed E-state index contributed by atoms with van der Waals surface area (Å²) in [6, 6.07) is 12.7. The second-order valence-corrected chi connectivity index (χ2v) is 6.96. The van der Waals surface area contributed by atoms with Crippen LogP contribution in [-0.4, -0.2) is 42.2 Å². The smallest absolute Gasteiger partial charge is 0.387 e. The van der Waals surface area contributed by atoms with Crippen LogP contribution in [0, 0.1) is 0 Å². The van der Waals surface area contributed by atoms with E-state index in [1.54, 1.807) is 30.3 Å². The Balaban J connectivity index is 1.72. The number of thioether (sulfide) groups is 1. The molecule has 1 N–H and O–H groups in total. The molecule has 1 heterocycles. The first kappa shape index (κ1) is 21.3. The Morgan fingerprint density at radius 1 is 1.17 bits per heavy atom. The van der Waals surface area contributed by atoms with E-state index in [1.165, 1.54) is 31.4 Å². The van der Waals surface area contributed by atoms with Gasteiger partial charge in [0.1, 0.15) is 6.54 Å². The molecule has 2 aromatic carbocycles. The molecule has 156 valence electrons. The number of benzene rings is 2. The van der Waals surface area contributed by atoms with Crippen molar-refractivity contribution in [3.8, 4) is 11.5 Å². The minimum absolute atomic E-state index is 0.0468. The molecule has 0 saturated carbocycles. The fourth-order valence-corrected chi connectivity index (χ4v) is 3.46. The van der Waals surface area contributed by atoms with Crippen molar-refractivity contribution in [2.75, 3.05) is 19.0 Å². The van der Waals surface area contributed by atoms with Crippen LogP contribution < -0.4 is 14.8 Å². The normalized spacial score (nSPS) is 15.1. The summed E-state index contributed by atoms with van der Waals surface area (Å²) >= 11 is 0.680. The number of rotatable bonds is 7. The number of anilines is 1. The Morgan fingerprint density at radius 2 is 1.90 bits per heavy atom. The number of amides is 3. The lowest BCUT2D eigenvalue weighted by molar-refractivity contribution is -0.127. The van der Waals surface area contributed by atoms with Crippen molar-refractivity contribution in [3.05, 3.63) is 59.0 Å². The predicted octanol–water partition coefficient (Wildman–Crippen LogP) is 3.97. The summed E-state index contributed by atoms with van der Waals surface area (Å²) in [5.74, 6) is -1.25. The van der Waals surface area contributed by atoms with Gasteiger partial charge in [-0.15, -0.1) is 0 Å². The fraction of sp³-hybridized carbons (Fsp3) is 0.150. The van der Waals surface area contributed by atoms with E-state index in [4.69, 9.17) is 4.74 Å². The second kappa shape index (κ2) is 9.40. The van der Waals surface area contributed by atoms with E-state index in [-0.39, 0.29) is 16.4 Å². The Bertz CT molecular complexity index is 998. The molecule has 1 aliphatic rings. The van der Waals surface area contributed by atoms with Crippen LogP contribution in [0.2, 0.25) is 0 Å². The molecular weight excluding hydrogens is 418 g/mol. The number of ether oxygens (including phenoxy) is 2. The zero-order valence-corrected chi connectivity index (χ0v) is 16.4. The maximum absolute atomic E-state index is 12.6. The summed E-state index contributed by atoms with van der Waals surface area (Å²) in [7, 11) is 1.29. The van der Waals surface area contributed by atoms with E-state index < -0.39 is 30.2 Å². The maximum atomic E-state index is 12.6. The standard InChI is InChI=1S/C20H16F2N2O5S/c1-28-15-9-12(7-8-14(15)29-19(21)22)10-16-18(26)24(20(27)30-16)11-17(25)23-13-5-3-2-4-6-13/h2-10,19H,11H2,1H3,(H,23,25)/b16-10-. The van der Waals surface area contributed by atoms with Gasteiger partial charge < -0.3 is 14.8 Å². The summed E-state index contributed by atoms with van der Waals surface area (Å²) in [6.07, 6.45) is 1.41. The molecular formula is C20H16F2N2O5S. The lowest BCUT2D eigenvalue weighted by atomic mass is 10.2. The summed E-state index contributed by atoms with van der Waals surface area (Å²) < 4.78 is 34.2. The summed E-state index contributed by atoms with van der Waals surface area (Å²) in [5, 5.41) is 2.02. The van der Waals surface area contributed by atoms with Gasteiger partial charge in [0.05, 0.1) is 12.0 Å². The molecule has 1 aliphatic heterocycles. The number of nitrogens with one attached hydrogen (secondary N) is 1. The van der Waals surface area contributed by atoms with Gasteiger partial charge in [-0.2, -0.15) is 8.78 Å². The fourth-order valence-electron chi connectivity index (χ4n) is 2.62. The molecule has 0 atom stereocenters. The van der Waals surface area contributed by atoms with E-state index in [1.807, 2.05) is 0 Å². The summed E-state index contributed by atoms with van der Waals surface area (Å²) in [5.41, 5.74) is 0.982. The van der Waals surface area contributed by atoms with Crippen molar-refractivity contribution in [1.82, 2.24) is 4.90 Å². The molecule has 3 rings (SSSR count). The molecule has 0 unspecified atom stereocenters. The minimum Gasteiger partial charge on any atom is -0.493 e. The van der Waals surface area contributed by atoms with Crippen molar-refractivity contribution in [3.63, 3.8) is 0 Å². The topological polar surface area (TPSA) is 84.9 Å². The van der Waals surface area contributed by atoms with Crippen molar-refractivity contribution in [2.45, 2.75) is 6.61 Å². The van der Waals surface area contributed by atoms with Crippen LogP contribution in [0.1, 0.15) is 5.56 Å². The van der Waals surface area contributed by atoms with Crippen LogP contribution in [0.5, 0.6) is 11.5 Å². The quantitative estimate of drug-likeness (QED) is 0.664. The van der Waals surface area contributed by atoms with Gasteiger partial charge in [-0.25, -0.2) is 0 Å². The van der Waals surface area contributed by atoms with Crippen LogP contribution in [0.3, 0.4) is 0 Å². The zero-order valence-electron chi connectivity index (χ0n) is 15.6. The van der Waals surface area contributed by atoms with Crippen LogP contribution >= 0.6 is 11.8 Å². The molecule has 7 nitrogen and oxygen atoms in total. The Hall–Kier alpha value is -3.40. The van der Waals surface area contributed by atoms with E-state index in [0.717, 1.165) is 4.90 Å². The molecule has 0 radical (unpaired) electrons. The highest BCUT2D eigenvalue weighted by Gasteiger charge is 2.36. The van der Waals surface area contributed by atoms with Gasteiger partial charge in [-0.1, -0.05) is 24.3 Å². The molecule has 2 aromatic rings. The van der Waals surface area contributed by atoms with Crippen LogP contribution in [0.15, 0.2) is 53.4 Å². The molecule has 30 heavy (non-hydrogen) atoms. The largest absolute Gasteiger partial charge is 0.493 e. The van der Waals surface area contributed by atoms with Gasteiger partial charge in [0.25, 0.3) is 11.1 Å². The summed E-state index contributed by atoms with van der Waals surface area (Å²) in [4.78, 5) is 37.8. The van der Waals surface area contributed by atoms with Crippen molar-refractivity contribution < 1.29 is 32.6 Å². The number of methoxy groups -OCH3 is 1. The van der Waals surface area contributed by atoms with Crippen LogP contribution in [0.4, 0.5) is 19.3 Å². The van der Waals surface area contributed by atoms with Gasteiger partial charge in [-0.05, 0) is 47.7 Å². The number of imide groups is 1. The zero-order chi connectivity index (χ0) is 21.7. The lowest BCUT2D eigenvalue weighted by Gasteiger charge is -2.12. The van der Waals surface area contributed by atoms with Crippen molar-refractivity contribution in [1.29, 1.82) is 0 Å². The molecule has 10 heteroatoms. The lowest BCUT2D eigenvalue weighted by Crippen LogP contribution is -2.36. The molecule has 1 fully saturated rings. The molecule has 3 amide bonds. The number of hydrogen-bond donors (Lipinski definition) is 1. The molecule has 0 aromatic heterocycles. The first-order chi connectivity index (χ1) is 14.4. The Morgan fingerprint density at radius 3 is 2.57 bits per heavy atom. The number of nitrogens with zero attached hydrogens (tertiary/aromatic N) is 1. The van der Waals surface area contributed by atoms with Crippen molar-refractivity contribution in [2.24, 2.45) is 0 Å². The predicted molar refractivity (Wildman–Crippen MR) is 107 cm³/mol. The highest BCUT2D eigenvalue weighted by molar-refractivity contribution is 8.18. The monoisotopic (exact) mass is 434 g/mol. The highest BCUT2D eigenvalue weighted by Crippen LogP contribution is 2.34. The average molecular weight is 434 g/mol. The number of carbonyl (C=O) groups excluding carboxylic acids is 3. The number of para-hydroxylation sites is 1. The third-order valence-electron chi connectivity index (χ3n) is 3.93. The maximum Gasteiger partial charge on any atom is 0.387 e. The Kier molecular flexibility index (Phi) is 6.68. The molecule has 1 saturated heterocycles. The van der Waals surface area contributed by atoms with E-state index >= 15 is 0 Å². The number of hydrogen-bond acceptors (Lipinski definition) is 6. The summed E-state index contributed by atoms with van der Waals surface area (Å²) in [6.45, 7) is -3.44. The van der Waals surface area contributed by atoms with E-state index in [9.17, 15) is 23.2 Å². The second-order valence-electron chi connectivity index (χ2n) is 5.97. The van der Waals surface area contributed by atoms with E-state index in [2.05, 4.69) is 10.1 Å². The number of alkyl halides is 2. The molecule has 0 spiro atoms. The first-order valence-corrected chi connectivity index (χ1v) is 9.42. The van der Waals surface area contributed by atoms with E-state index in [0.29, 0.717) is 23.0 Å². The third-order valence-corrected chi connectivity index (χ3v) is 4.84. The third kappa shape index (κ3) is 5.15. The van der Waals surface area contributed by atoms with Gasteiger partial charge in [-0.3, -0.25) is 19.3 Å². The molecule has 0 bridgehead atoms. The van der Waals surface area contributed by atoms with Crippen molar-refractivity contribution >= 4 is 40.6 Å². The SMILES string of the molecule is COc1cc(/C=C2\SC(=O)N(CC(=O)Nc3ccccc3)C2=O)ccc1OC(F)F. The van der Waals surface area contributed by atoms with Gasteiger partial charge >= 0.3 is 6.61 Å². The number of carbonyl (C=O) groups is 3. The Labute approximate surface area is 174 Å². The highest BCUT2D eigenvalue weighted by atomic mass is 32.2. The number of halogens is 2. The molecule has 0 aliphatic carbocycles. The first-order valence-electron chi connectivity index (χ1n) is 8.60. The van der Waals surface area contributed by atoms with Crippen LogP contribution in [-0.2, 0) is 9.59 Å². The van der Waals surface area contributed by atoms with Gasteiger partial charge in [0.2, 0.25) is 5.91 Å². The van der Waals surface area contributed by atoms with Gasteiger partial charge in [0, 0.05) is 5.69 Å². The van der Waals surface area contributed by atoms with Crippen LogP contribution in [0.25, 0.3) is 6.08 Å².